The summed E-state index contributed by atoms with van der Waals surface area (Å²) in [7, 11) is 4.59. The fraction of sp³-hybridized carbons (Fsp3) is 0.333. The Balaban J connectivity index is 1.35. The average molecular weight is 518 g/mol. The van der Waals surface area contributed by atoms with Crippen LogP contribution in [0.25, 0.3) is 11.0 Å². The van der Waals surface area contributed by atoms with Gasteiger partial charge in [-0.05, 0) is 56.2 Å². The zero-order chi connectivity index (χ0) is 26.9. The Morgan fingerprint density at radius 3 is 2.32 bits per heavy atom. The normalized spacial score (nSPS) is 10.8. The molecule has 0 fully saturated rings. The molecule has 1 amide bonds. The number of fused-ring (bicyclic) bond motifs is 1. The van der Waals surface area contributed by atoms with Crippen molar-refractivity contribution < 1.29 is 23.7 Å². The predicted molar refractivity (Wildman–Crippen MR) is 148 cm³/mol. The lowest BCUT2D eigenvalue weighted by molar-refractivity contribution is 0.0952. The number of amides is 1. The second-order valence-corrected chi connectivity index (χ2v) is 8.96. The topological polar surface area (TPSA) is 83.8 Å². The van der Waals surface area contributed by atoms with Crippen molar-refractivity contribution in [2.45, 2.75) is 32.7 Å². The van der Waals surface area contributed by atoms with E-state index in [9.17, 15) is 4.79 Å². The van der Waals surface area contributed by atoms with Gasteiger partial charge in [0.1, 0.15) is 11.6 Å². The van der Waals surface area contributed by atoms with Crippen molar-refractivity contribution in [1.29, 1.82) is 0 Å². The Bertz CT molecular complexity index is 1340. The van der Waals surface area contributed by atoms with Gasteiger partial charge in [0.25, 0.3) is 5.91 Å². The minimum Gasteiger partial charge on any atom is -0.494 e. The highest BCUT2D eigenvalue weighted by Crippen LogP contribution is 2.38. The molecule has 4 rings (SSSR count). The van der Waals surface area contributed by atoms with Gasteiger partial charge in [0.05, 0.1) is 39.0 Å². The first-order valence-electron chi connectivity index (χ1n) is 12.8. The molecular formula is C30H35N3O5. The summed E-state index contributed by atoms with van der Waals surface area (Å²) in [6, 6.07) is 19.6. The van der Waals surface area contributed by atoms with Crippen molar-refractivity contribution in [2.24, 2.45) is 0 Å². The minimum atomic E-state index is -0.203. The predicted octanol–water partition coefficient (Wildman–Crippen LogP) is 5.20. The Hall–Kier alpha value is -4.20. The molecule has 0 radical (unpaired) electrons. The van der Waals surface area contributed by atoms with Crippen LogP contribution in [0.15, 0.2) is 60.7 Å². The maximum atomic E-state index is 12.8. The van der Waals surface area contributed by atoms with Gasteiger partial charge in [0.15, 0.2) is 11.5 Å². The first kappa shape index (κ1) is 26.9. The van der Waals surface area contributed by atoms with E-state index in [0.717, 1.165) is 48.4 Å². The van der Waals surface area contributed by atoms with Gasteiger partial charge in [-0.1, -0.05) is 29.8 Å². The summed E-state index contributed by atoms with van der Waals surface area (Å²) in [6.07, 6.45) is 2.35. The van der Waals surface area contributed by atoms with Crippen LogP contribution < -0.4 is 24.3 Å². The van der Waals surface area contributed by atoms with Gasteiger partial charge in [-0.3, -0.25) is 4.79 Å². The summed E-state index contributed by atoms with van der Waals surface area (Å²) in [5, 5.41) is 2.99. The van der Waals surface area contributed by atoms with E-state index in [1.54, 1.807) is 12.1 Å². The molecule has 3 aromatic carbocycles. The lowest BCUT2D eigenvalue weighted by Crippen LogP contribution is -2.25. The van der Waals surface area contributed by atoms with E-state index < -0.39 is 0 Å². The highest BCUT2D eigenvalue weighted by molar-refractivity contribution is 5.95. The third-order valence-electron chi connectivity index (χ3n) is 6.34. The fourth-order valence-corrected chi connectivity index (χ4v) is 4.38. The number of hydrogen-bond acceptors (Lipinski definition) is 6. The number of benzene rings is 3. The van der Waals surface area contributed by atoms with Crippen molar-refractivity contribution in [3.63, 3.8) is 0 Å². The van der Waals surface area contributed by atoms with Gasteiger partial charge in [-0.2, -0.15) is 0 Å². The number of ether oxygens (including phenoxy) is 4. The van der Waals surface area contributed by atoms with E-state index in [4.69, 9.17) is 23.9 Å². The summed E-state index contributed by atoms with van der Waals surface area (Å²) >= 11 is 0. The molecule has 8 heteroatoms. The van der Waals surface area contributed by atoms with E-state index in [-0.39, 0.29) is 5.91 Å². The molecule has 200 valence electrons. The molecule has 0 spiro atoms. The molecule has 0 aliphatic heterocycles. The Morgan fingerprint density at radius 1 is 0.921 bits per heavy atom. The van der Waals surface area contributed by atoms with Gasteiger partial charge >= 0.3 is 0 Å². The number of nitrogens with one attached hydrogen (secondary N) is 1. The Labute approximate surface area is 223 Å². The number of carbonyl (C=O) groups is 1. The van der Waals surface area contributed by atoms with Gasteiger partial charge in [0.2, 0.25) is 5.75 Å². The van der Waals surface area contributed by atoms with Gasteiger partial charge < -0.3 is 28.8 Å². The number of carbonyl (C=O) groups excluding carboxylic acids is 1. The summed E-state index contributed by atoms with van der Waals surface area (Å²) in [4.78, 5) is 17.7. The smallest absolute Gasteiger partial charge is 0.251 e. The van der Waals surface area contributed by atoms with Crippen LogP contribution in [0.1, 0.15) is 34.6 Å². The highest BCUT2D eigenvalue weighted by atomic mass is 16.5. The molecule has 0 bridgehead atoms. The number of para-hydroxylation sites is 2. The average Bonchev–Trinajstić information content (AvgIpc) is 3.30. The SMILES string of the molecule is COc1cc(C(=O)NCCCc2nc3ccccc3n2CCCOc2ccc(C)cc2)cc(OC)c1OC. The second kappa shape index (κ2) is 12.9. The molecule has 0 aliphatic carbocycles. The van der Waals surface area contributed by atoms with Crippen molar-refractivity contribution in [3.8, 4) is 23.0 Å². The molecule has 38 heavy (non-hydrogen) atoms. The van der Waals surface area contributed by atoms with Crippen molar-refractivity contribution in [3.05, 3.63) is 77.6 Å². The Kier molecular flexibility index (Phi) is 9.08. The van der Waals surface area contributed by atoms with Crippen LogP contribution in [0.2, 0.25) is 0 Å². The molecule has 0 atom stereocenters. The lowest BCUT2D eigenvalue weighted by atomic mass is 10.1. The van der Waals surface area contributed by atoms with Crippen LogP contribution >= 0.6 is 0 Å². The van der Waals surface area contributed by atoms with E-state index >= 15 is 0 Å². The molecular weight excluding hydrogens is 482 g/mol. The largest absolute Gasteiger partial charge is 0.494 e. The minimum absolute atomic E-state index is 0.203. The van der Waals surface area contributed by atoms with E-state index in [1.807, 2.05) is 30.3 Å². The van der Waals surface area contributed by atoms with E-state index in [2.05, 4.69) is 35.0 Å². The zero-order valence-electron chi connectivity index (χ0n) is 22.5. The first-order chi connectivity index (χ1) is 18.5. The first-order valence-corrected chi connectivity index (χ1v) is 12.8. The van der Waals surface area contributed by atoms with Crippen molar-refractivity contribution >= 4 is 16.9 Å². The van der Waals surface area contributed by atoms with Crippen LogP contribution in [0.5, 0.6) is 23.0 Å². The Morgan fingerprint density at radius 2 is 1.63 bits per heavy atom. The third kappa shape index (κ3) is 6.37. The number of hydrogen-bond donors (Lipinski definition) is 1. The highest BCUT2D eigenvalue weighted by Gasteiger charge is 2.17. The zero-order valence-corrected chi connectivity index (χ0v) is 22.5. The van der Waals surface area contributed by atoms with Crippen LogP contribution in [0.3, 0.4) is 0 Å². The second-order valence-electron chi connectivity index (χ2n) is 8.96. The molecule has 8 nitrogen and oxygen atoms in total. The van der Waals surface area contributed by atoms with Gasteiger partial charge in [0, 0.05) is 25.1 Å². The van der Waals surface area contributed by atoms with Crippen LogP contribution in [0.4, 0.5) is 0 Å². The number of rotatable bonds is 13. The van der Waals surface area contributed by atoms with Crippen molar-refractivity contribution in [2.75, 3.05) is 34.5 Å². The summed E-state index contributed by atoms with van der Waals surface area (Å²) in [6.45, 7) is 4.00. The fourth-order valence-electron chi connectivity index (χ4n) is 4.38. The molecule has 0 saturated heterocycles. The van der Waals surface area contributed by atoms with Crippen molar-refractivity contribution in [1.82, 2.24) is 14.9 Å². The monoisotopic (exact) mass is 517 g/mol. The summed E-state index contributed by atoms with van der Waals surface area (Å²) < 4.78 is 24.2. The number of methoxy groups -OCH3 is 3. The maximum Gasteiger partial charge on any atom is 0.251 e. The molecule has 4 aromatic rings. The summed E-state index contributed by atoms with van der Waals surface area (Å²) in [5.74, 6) is 3.02. The third-order valence-corrected chi connectivity index (χ3v) is 6.34. The van der Waals surface area contributed by atoms with E-state index in [1.165, 1.54) is 26.9 Å². The van der Waals surface area contributed by atoms with Crippen LogP contribution in [-0.4, -0.2) is 49.9 Å². The van der Waals surface area contributed by atoms with E-state index in [0.29, 0.717) is 36.0 Å². The molecule has 1 heterocycles. The number of nitrogens with zero attached hydrogens (tertiary/aromatic N) is 2. The number of aromatic nitrogens is 2. The molecule has 0 saturated carbocycles. The lowest BCUT2D eigenvalue weighted by Gasteiger charge is -2.14. The quantitative estimate of drug-likeness (QED) is 0.245. The van der Waals surface area contributed by atoms with Crippen LogP contribution in [-0.2, 0) is 13.0 Å². The molecule has 1 aromatic heterocycles. The standard InChI is InChI=1S/C30H35N3O5/c1-21-12-14-23(15-13-21)38-18-8-17-33-25-10-6-5-9-24(25)32-28(33)11-7-16-31-30(34)22-19-26(35-2)29(37-4)27(20-22)36-3/h5-6,9-10,12-15,19-20H,7-8,11,16-18H2,1-4H3,(H,31,34). The molecule has 0 aliphatic rings. The molecule has 0 unspecified atom stereocenters. The summed E-state index contributed by atoms with van der Waals surface area (Å²) in [5.41, 5.74) is 3.74. The van der Waals surface area contributed by atoms with Gasteiger partial charge in [-0.25, -0.2) is 4.98 Å². The molecule has 1 N–H and O–H groups in total. The number of aryl methyl sites for hydroxylation is 3. The maximum absolute atomic E-state index is 12.8. The number of imidazole rings is 1. The van der Waals surface area contributed by atoms with Crippen LogP contribution in [0, 0.1) is 6.92 Å². The van der Waals surface area contributed by atoms with Gasteiger partial charge in [-0.15, -0.1) is 0 Å².